The summed E-state index contributed by atoms with van der Waals surface area (Å²) in [7, 11) is 0. The van der Waals surface area contributed by atoms with Crippen molar-refractivity contribution in [1.82, 2.24) is 9.97 Å². The maximum Gasteiger partial charge on any atom is 0.197 e. The second-order valence-corrected chi connectivity index (χ2v) is 6.79. The number of rotatable bonds is 2. The summed E-state index contributed by atoms with van der Waals surface area (Å²) in [4.78, 5) is 9.06. The average Bonchev–Trinajstić information content (AvgIpc) is 3.06. The first-order valence-electron chi connectivity index (χ1n) is 8.30. The van der Waals surface area contributed by atoms with E-state index in [1.807, 2.05) is 60.7 Å². The SMILES string of the molecule is Brc1nc(-c2ccccc2)cc(-c2ccc3c(c2)oc2ccccc23)n1. The highest BCUT2D eigenvalue weighted by Gasteiger charge is 2.11. The number of fused-ring (bicyclic) bond motifs is 3. The molecule has 0 aliphatic rings. The Bertz CT molecular complexity index is 1250. The number of benzene rings is 3. The zero-order chi connectivity index (χ0) is 17.5. The zero-order valence-corrected chi connectivity index (χ0v) is 15.3. The number of aromatic nitrogens is 2. The minimum Gasteiger partial charge on any atom is -0.456 e. The van der Waals surface area contributed by atoms with Gasteiger partial charge >= 0.3 is 0 Å². The molecule has 3 nitrogen and oxygen atoms in total. The third-order valence-electron chi connectivity index (χ3n) is 4.44. The predicted molar refractivity (Wildman–Crippen MR) is 108 cm³/mol. The van der Waals surface area contributed by atoms with Crippen molar-refractivity contribution in [3.63, 3.8) is 0 Å². The normalized spacial score (nSPS) is 11.3. The van der Waals surface area contributed by atoms with Crippen molar-refractivity contribution >= 4 is 37.9 Å². The highest BCUT2D eigenvalue weighted by atomic mass is 79.9. The molecule has 3 aromatic carbocycles. The van der Waals surface area contributed by atoms with Crippen molar-refractivity contribution in [2.75, 3.05) is 0 Å². The Hall–Kier alpha value is -2.98. The van der Waals surface area contributed by atoms with Crippen molar-refractivity contribution in [1.29, 1.82) is 0 Å². The maximum absolute atomic E-state index is 6.00. The largest absolute Gasteiger partial charge is 0.456 e. The first kappa shape index (κ1) is 15.3. The van der Waals surface area contributed by atoms with Crippen LogP contribution in [0.2, 0.25) is 0 Å². The number of para-hydroxylation sites is 1. The molecule has 4 heteroatoms. The van der Waals surface area contributed by atoms with Gasteiger partial charge in [-0.3, -0.25) is 0 Å². The first-order chi connectivity index (χ1) is 12.8. The van der Waals surface area contributed by atoms with Gasteiger partial charge in [-0.15, -0.1) is 0 Å². The van der Waals surface area contributed by atoms with Crippen LogP contribution in [0.3, 0.4) is 0 Å². The number of hydrogen-bond donors (Lipinski definition) is 0. The third kappa shape index (κ3) is 2.59. The number of furan rings is 1. The Balaban J connectivity index is 1.67. The van der Waals surface area contributed by atoms with Crippen molar-refractivity contribution in [3.05, 3.63) is 83.6 Å². The van der Waals surface area contributed by atoms with Crippen molar-refractivity contribution in [2.45, 2.75) is 0 Å². The fraction of sp³-hybridized carbons (Fsp3) is 0. The average molecular weight is 401 g/mol. The summed E-state index contributed by atoms with van der Waals surface area (Å²) in [5, 5.41) is 2.24. The summed E-state index contributed by atoms with van der Waals surface area (Å²) in [6.45, 7) is 0. The van der Waals surface area contributed by atoms with Crippen LogP contribution in [-0.2, 0) is 0 Å². The van der Waals surface area contributed by atoms with Gasteiger partial charge in [-0.25, -0.2) is 9.97 Å². The second kappa shape index (κ2) is 6.07. The van der Waals surface area contributed by atoms with Gasteiger partial charge in [-0.1, -0.05) is 54.6 Å². The van der Waals surface area contributed by atoms with Crippen LogP contribution < -0.4 is 0 Å². The Morgan fingerprint density at radius 1 is 0.615 bits per heavy atom. The summed E-state index contributed by atoms with van der Waals surface area (Å²) in [6, 6.07) is 26.4. The molecule has 0 atom stereocenters. The molecule has 0 amide bonds. The Morgan fingerprint density at radius 2 is 1.31 bits per heavy atom. The zero-order valence-electron chi connectivity index (χ0n) is 13.7. The van der Waals surface area contributed by atoms with Crippen molar-refractivity contribution < 1.29 is 4.42 Å². The van der Waals surface area contributed by atoms with E-state index in [1.165, 1.54) is 0 Å². The summed E-state index contributed by atoms with van der Waals surface area (Å²) < 4.78 is 6.57. The minimum atomic E-state index is 0.568. The van der Waals surface area contributed by atoms with Gasteiger partial charge < -0.3 is 4.42 Å². The van der Waals surface area contributed by atoms with E-state index in [-0.39, 0.29) is 0 Å². The van der Waals surface area contributed by atoms with Crippen LogP contribution in [0.5, 0.6) is 0 Å². The molecule has 124 valence electrons. The van der Waals surface area contributed by atoms with E-state index in [4.69, 9.17) is 4.42 Å². The van der Waals surface area contributed by atoms with Gasteiger partial charge in [0.05, 0.1) is 11.4 Å². The molecule has 5 rings (SSSR count). The van der Waals surface area contributed by atoms with E-state index in [0.717, 1.165) is 44.5 Å². The van der Waals surface area contributed by atoms with Crippen LogP contribution in [0.1, 0.15) is 0 Å². The monoisotopic (exact) mass is 400 g/mol. The van der Waals surface area contributed by atoms with Gasteiger partial charge in [0.1, 0.15) is 11.2 Å². The molecule has 5 aromatic rings. The van der Waals surface area contributed by atoms with Crippen molar-refractivity contribution in [3.8, 4) is 22.5 Å². The van der Waals surface area contributed by atoms with Gasteiger partial charge in [0, 0.05) is 21.9 Å². The van der Waals surface area contributed by atoms with E-state index < -0.39 is 0 Å². The second-order valence-electron chi connectivity index (χ2n) is 6.08. The summed E-state index contributed by atoms with van der Waals surface area (Å²) >= 11 is 3.44. The highest BCUT2D eigenvalue weighted by molar-refractivity contribution is 9.10. The Kier molecular flexibility index (Phi) is 3.57. The lowest BCUT2D eigenvalue weighted by Crippen LogP contribution is -1.92. The number of halogens is 1. The molecular weight excluding hydrogens is 388 g/mol. The molecule has 0 unspecified atom stereocenters. The molecule has 0 aliphatic carbocycles. The van der Waals surface area contributed by atoms with E-state index in [0.29, 0.717) is 4.73 Å². The van der Waals surface area contributed by atoms with Gasteiger partial charge in [0.15, 0.2) is 4.73 Å². The number of hydrogen-bond acceptors (Lipinski definition) is 3. The molecule has 0 spiro atoms. The summed E-state index contributed by atoms with van der Waals surface area (Å²) in [5.41, 5.74) is 5.55. The summed E-state index contributed by atoms with van der Waals surface area (Å²) in [5.74, 6) is 0. The number of nitrogens with zero attached hydrogens (tertiary/aromatic N) is 2. The van der Waals surface area contributed by atoms with E-state index in [2.05, 4.69) is 44.1 Å². The van der Waals surface area contributed by atoms with E-state index in [9.17, 15) is 0 Å². The lowest BCUT2D eigenvalue weighted by molar-refractivity contribution is 0.669. The fourth-order valence-electron chi connectivity index (χ4n) is 3.21. The van der Waals surface area contributed by atoms with Gasteiger partial charge in [-0.05, 0) is 40.2 Å². The van der Waals surface area contributed by atoms with Crippen LogP contribution in [0.4, 0.5) is 0 Å². The lowest BCUT2D eigenvalue weighted by Gasteiger charge is -2.06. The predicted octanol–water partition coefficient (Wildman–Crippen LogP) is 6.47. The molecule has 0 fully saturated rings. The van der Waals surface area contributed by atoms with Crippen LogP contribution in [0.25, 0.3) is 44.5 Å². The molecule has 2 aromatic heterocycles. The van der Waals surface area contributed by atoms with E-state index >= 15 is 0 Å². The fourth-order valence-corrected chi connectivity index (χ4v) is 3.59. The first-order valence-corrected chi connectivity index (χ1v) is 9.09. The molecule has 0 N–H and O–H groups in total. The third-order valence-corrected chi connectivity index (χ3v) is 4.80. The van der Waals surface area contributed by atoms with Gasteiger partial charge in [0.2, 0.25) is 0 Å². The van der Waals surface area contributed by atoms with Gasteiger partial charge in [0.25, 0.3) is 0 Å². The Morgan fingerprint density at radius 3 is 2.15 bits per heavy atom. The van der Waals surface area contributed by atoms with Gasteiger partial charge in [-0.2, -0.15) is 0 Å². The smallest absolute Gasteiger partial charge is 0.197 e. The molecule has 26 heavy (non-hydrogen) atoms. The van der Waals surface area contributed by atoms with Crippen molar-refractivity contribution in [2.24, 2.45) is 0 Å². The highest BCUT2D eigenvalue weighted by Crippen LogP contribution is 2.32. The van der Waals surface area contributed by atoms with Crippen LogP contribution in [-0.4, -0.2) is 9.97 Å². The minimum absolute atomic E-state index is 0.568. The molecule has 2 heterocycles. The maximum atomic E-state index is 6.00. The topological polar surface area (TPSA) is 38.9 Å². The molecule has 0 bridgehead atoms. The van der Waals surface area contributed by atoms with E-state index in [1.54, 1.807) is 0 Å². The lowest BCUT2D eigenvalue weighted by atomic mass is 10.1. The Labute approximate surface area is 158 Å². The molecule has 0 aliphatic heterocycles. The van der Waals surface area contributed by atoms with Crippen LogP contribution >= 0.6 is 15.9 Å². The molecular formula is C22H13BrN2O. The quantitative estimate of drug-likeness (QED) is 0.318. The van der Waals surface area contributed by atoms with Crippen LogP contribution in [0.15, 0.2) is 88.0 Å². The molecule has 0 saturated carbocycles. The van der Waals surface area contributed by atoms with Crippen LogP contribution in [0, 0.1) is 0 Å². The standard InChI is InChI=1S/C22H13BrN2O/c23-22-24-18(14-6-2-1-3-7-14)13-19(25-22)15-10-11-17-16-8-4-5-9-20(16)26-21(17)12-15/h1-13H. The summed E-state index contributed by atoms with van der Waals surface area (Å²) in [6.07, 6.45) is 0. The molecule has 0 saturated heterocycles. The molecule has 0 radical (unpaired) electrons.